The summed E-state index contributed by atoms with van der Waals surface area (Å²) in [5.74, 6) is -0.838. The molecule has 0 aromatic carbocycles. The van der Waals surface area contributed by atoms with Crippen molar-refractivity contribution in [1.82, 2.24) is 0 Å². The standard InChI is InChI=1S/C72H134O6/c1-4-7-10-13-16-19-22-24-26-28-29-30-31-32-33-34-35-36-37-38-39-40-41-42-43-45-46-48-50-53-56-59-62-65-71(74)77-68-69(67-76-70(73)64-61-58-55-52-21-18-15-12-9-6-3)78-72(75)66-63-60-57-54-51-49-47-44-27-25-23-20-17-14-11-8-5-2/h22,24,28-29,31-32,69H,4-21,23,25-27,30,33-68H2,1-3H3/b24-22-,29-28-,32-31-. The van der Waals surface area contributed by atoms with Gasteiger partial charge in [0, 0.05) is 19.3 Å². The van der Waals surface area contributed by atoms with E-state index in [9.17, 15) is 14.4 Å². The van der Waals surface area contributed by atoms with Crippen molar-refractivity contribution in [1.29, 1.82) is 0 Å². The summed E-state index contributed by atoms with van der Waals surface area (Å²) in [4.78, 5) is 38.3. The molecule has 6 nitrogen and oxygen atoms in total. The van der Waals surface area contributed by atoms with Crippen LogP contribution in [-0.4, -0.2) is 37.2 Å². The second-order valence-corrected chi connectivity index (χ2v) is 23.8. The molecular formula is C72H134O6. The van der Waals surface area contributed by atoms with E-state index in [1.807, 2.05) is 0 Å². The van der Waals surface area contributed by atoms with E-state index >= 15 is 0 Å². The predicted molar refractivity (Wildman–Crippen MR) is 339 cm³/mol. The van der Waals surface area contributed by atoms with Crippen LogP contribution in [0.4, 0.5) is 0 Å². The van der Waals surface area contributed by atoms with Gasteiger partial charge >= 0.3 is 17.9 Å². The Morgan fingerprint density at radius 2 is 0.462 bits per heavy atom. The maximum absolute atomic E-state index is 12.9. The average Bonchev–Trinajstić information content (AvgIpc) is 3.44. The number of allylic oxidation sites excluding steroid dienone is 6. The Labute approximate surface area is 486 Å². The molecule has 0 rings (SSSR count). The zero-order chi connectivity index (χ0) is 56.4. The molecule has 0 radical (unpaired) electrons. The van der Waals surface area contributed by atoms with Crippen LogP contribution >= 0.6 is 0 Å². The fraction of sp³-hybridized carbons (Fsp3) is 0.875. The first kappa shape index (κ1) is 75.6. The number of carbonyl (C=O) groups is 3. The molecule has 0 saturated heterocycles. The van der Waals surface area contributed by atoms with E-state index in [0.717, 1.165) is 70.6 Å². The molecular weight excluding hydrogens is 961 g/mol. The SMILES string of the molecule is CCCCCCC/C=C\C/C=C\C/C=C\CCCCCCCCCCCCCCCCCCCCC(=O)OCC(COC(=O)CCCCCCCCCCCC)OC(=O)CCCCCCCCCCCCCCCCCCC. The lowest BCUT2D eigenvalue weighted by Crippen LogP contribution is -2.30. The number of hydrogen-bond acceptors (Lipinski definition) is 6. The van der Waals surface area contributed by atoms with Crippen LogP contribution in [0.15, 0.2) is 36.5 Å². The normalized spacial score (nSPS) is 12.2. The van der Waals surface area contributed by atoms with Crippen LogP contribution < -0.4 is 0 Å². The number of hydrogen-bond donors (Lipinski definition) is 0. The fourth-order valence-corrected chi connectivity index (χ4v) is 10.6. The quantitative estimate of drug-likeness (QED) is 0.0261. The molecule has 1 unspecified atom stereocenters. The van der Waals surface area contributed by atoms with Crippen LogP contribution in [0.5, 0.6) is 0 Å². The minimum Gasteiger partial charge on any atom is -0.462 e. The van der Waals surface area contributed by atoms with Gasteiger partial charge in [-0.2, -0.15) is 0 Å². The minimum absolute atomic E-state index is 0.0647. The van der Waals surface area contributed by atoms with E-state index in [0.29, 0.717) is 19.3 Å². The number of esters is 3. The lowest BCUT2D eigenvalue weighted by Gasteiger charge is -2.18. The first-order chi connectivity index (χ1) is 38.5. The molecule has 0 aliphatic heterocycles. The van der Waals surface area contributed by atoms with Crippen LogP contribution in [0.1, 0.15) is 387 Å². The predicted octanol–water partition coefficient (Wildman–Crippen LogP) is 23.9. The van der Waals surface area contributed by atoms with Gasteiger partial charge in [-0.3, -0.25) is 14.4 Å². The van der Waals surface area contributed by atoms with E-state index in [1.54, 1.807) is 0 Å². The van der Waals surface area contributed by atoms with Gasteiger partial charge < -0.3 is 14.2 Å². The van der Waals surface area contributed by atoms with Crippen molar-refractivity contribution in [2.24, 2.45) is 0 Å². The summed E-state index contributed by atoms with van der Waals surface area (Å²) in [5, 5.41) is 0. The van der Waals surface area contributed by atoms with Crippen molar-refractivity contribution < 1.29 is 28.6 Å². The van der Waals surface area contributed by atoms with Crippen molar-refractivity contribution in [2.75, 3.05) is 13.2 Å². The van der Waals surface area contributed by atoms with E-state index in [4.69, 9.17) is 14.2 Å². The molecule has 0 heterocycles. The van der Waals surface area contributed by atoms with Crippen LogP contribution in [0, 0.1) is 0 Å². The molecule has 0 aromatic rings. The Bertz CT molecular complexity index is 1300. The fourth-order valence-electron chi connectivity index (χ4n) is 10.6. The van der Waals surface area contributed by atoms with Gasteiger partial charge in [-0.25, -0.2) is 0 Å². The first-order valence-corrected chi connectivity index (χ1v) is 35.0. The van der Waals surface area contributed by atoms with Crippen LogP contribution in [0.3, 0.4) is 0 Å². The smallest absolute Gasteiger partial charge is 0.306 e. The zero-order valence-corrected chi connectivity index (χ0v) is 52.7. The lowest BCUT2D eigenvalue weighted by atomic mass is 10.0. The van der Waals surface area contributed by atoms with Gasteiger partial charge in [0.15, 0.2) is 6.10 Å². The number of unbranched alkanes of at least 4 members (excludes halogenated alkanes) is 48. The highest BCUT2D eigenvalue weighted by molar-refractivity contribution is 5.71. The third-order valence-electron chi connectivity index (χ3n) is 15.9. The van der Waals surface area contributed by atoms with Crippen molar-refractivity contribution in [3.63, 3.8) is 0 Å². The van der Waals surface area contributed by atoms with E-state index in [1.165, 1.54) is 276 Å². The second-order valence-electron chi connectivity index (χ2n) is 23.8. The van der Waals surface area contributed by atoms with E-state index in [2.05, 4.69) is 57.2 Å². The highest BCUT2D eigenvalue weighted by Crippen LogP contribution is 2.18. The molecule has 0 N–H and O–H groups in total. The van der Waals surface area contributed by atoms with Gasteiger partial charge in [-0.1, -0.05) is 346 Å². The van der Waals surface area contributed by atoms with Crippen molar-refractivity contribution in [3.8, 4) is 0 Å². The summed E-state index contributed by atoms with van der Waals surface area (Å²) in [6, 6.07) is 0. The molecule has 6 heteroatoms. The van der Waals surface area contributed by atoms with Gasteiger partial charge in [-0.05, 0) is 57.8 Å². The molecule has 78 heavy (non-hydrogen) atoms. The third kappa shape index (κ3) is 64.5. The number of rotatable bonds is 65. The lowest BCUT2D eigenvalue weighted by molar-refractivity contribution is -0.167. The number of ether oxygens (including phenoxy) is 3. The Morgan fingerprint density at radius 1 is 0.256 bits per heavy atom. The van der Waals surface area contributed by atoms with Crippen molar-refractivity contribution in [3.05, 3.63) is 36.5 Å². The molecule has 0 fully saturated rings. The molecule has 458 valence electrons. The van der Waals surface area contributed by atoms with Gasteiger partial charge in [0.05, 0.1) is 0 Å². The summed E-state index contributed by atoms with van der Waals surface area (Å²) in [7, 11) is 0. The highest BCUT2D eigenvalue weighted by atomic mass is 16.6. The largest absolute Gasteiger partial charge is 0.462 e. The molecule has 0 aromatic heterocycles. The molecule has 0 saturated carbocycles. The number of carbonyl (C=O) groups excluding carboxylic acids is 3. The summed E-state index contributed by atoms with van der Waals surface area (Å²) in [6.45, 7) is 6.68. The molecule has 0 spiro atoms. The van der Waals surface area contributed by atoms with Crippen molar-refractivity contribution in [2.45, 2.75) is 393 Å². The third-order valence-corrected chi connectivity index (χ3v) is 15.9. The molecule has 0 amide bonds. The first-order valence-electron chi connectivity index (χ1n) is 35.0. The van der Waals surface area contributed by atoms with Gasteiger partial charge in [-0.15, -0.1) is 0 Å². The van der Waals surface area contributed by atoms with E-state index < -0.39 is 6.10 Å². The van der Waals surface area contributed by atoms with Crippen LogP contribution in [-0.2, 0) is 28.6 Å². The van der Waals surface area contributed by atoms with E-state index in [-0.39, 0.29) is 31.1 Å². The molecule has 1 atom stereocenters. The summed E-state index contributed by atoms with van der Waals surface area (Å²) in [6.07, 6.45) is 83.3. The Kier molecular flexibility index (Phi) is 65.1. The van der Waals surface area contributed by atoms with Gasteiger partial charge in [0.1, 0.15) is 13.2 Å². The monoisotopic (exact) mass is 1100 g/mol. The second kappa shape index (κ2) is 67.1. The van der Waals surface area contributed by atoms with Gasteiger partial charge in [0.25, 0.3) is 0 Å². The Balaban J connectivity index is 4.05. The van der Waals surface area contributed by atoms with Crippen LogP contribution in [0.25, 0.3) is 0 Å². The molecule has 0 bridgehead atoms. The summed E-state index contributed by atoms with van der Waals surface area (Å²) in [5.41, 5.74) is 0. The molecule has 0 aliphatic rings. The summed E-state index contributed by atoms with van der Waals surface area (Å²) >= 11 is 0. The Morgan fingerprint density at radius 3 is 0.718 bits per heavy atom. The maximum Gasteiger partial charge on any atom is 0.306 e. The average molecular weight is 1100 g/mol. The topological polar surface area (TPSA) is 78.9 Å². The van der Waals surface area contributed by atoms with Gasteiger partial charge in [0.2, 0.25) is 0 Å². The minimum atomic E-state index is -0.766. The zero-order valence-electron chi connectivity index (χ0n) is 52.7. The highest BCUT2D eigenvalue weighted by Gasteiger charge is 2.19. The summed E-state index contributed by atoms with van der Waals surface area (Å²) < 4.78 is 16.9. The molecule has 0 aliphatic carbocycles. The van der Waals surface area contributed by atoms with Crippen molar-refractivity contribution >= 4 is 17.9 Å². The van der Waals surface area contributed by atoms with Crippen LogP contribution in [0.2, 0.25) is 0 Å². The maximum atomic E-state index is 12.9. The Hall–Kier alpha value is -2.37.